The molecule has 1 heterocycles. The molecule has 0 saturated heterocycles. The fraction of sp³-hybridized carbons (Fsp3) is 0.182. The van der Waals surface area contributed by atoms with Gasteiger partial charge in [-0.2, -0.15) is 5.10 Å². The second kappa shape index (κ2) is 5.20. The third-order valence-electron chi connectivity index (χ3n) is 2.62. The maximum absolute atomic E-state index is 12.3. The number of benzene rings is 1. The van der Waals surface area contributed by atoms with Gasteiger partial charge in [-0.05, 0) is 19.1 Å². The van der Waals surface area contributed by atoms with Gasteiger partial charge in [0.25, 0.3) is 0 Å². The molecule has 1 aromatic heterocycles. The van der Waals surface area contributed by atoms with Crippen molar-refractivity contribution in [3.8, 4) is 0 Å². The number of anilines is 1. The predicted molar refractivity (Wildman–Crippen MR) is 73.2 cm³/mol. The monoisotopic (exact) mass is 300 g/mol. The first-order valence-electron chi connectivity index (χ1n) is 5.47. The first-order valence-corrected chi connectivity index (χ1v) is 7.33. The van der Waals surface area contributed by atoms with Crippen molar-refractivity contribution in [2.45, 2.75) is 17.9 Å². The van der Waals surface area contributed by atoms with Crippen molar-refractivity contribution >= 4 is 27.3 Å². The molecule has 19 heavy (non-hydrogen) atoms. The van der Waals surface area contributed by atoms with Gasteiger partial charge in [-0.3, -0.25) is 5.10 Å². The van der Waals surface area contributed by atoms with E-state index in [0.717, 1.165) is 0 Å². The van der Waals surface area contributed by atoms with Gasteiger partial charge in [-0.15, -0.1) is 0 Å². The first kappa shape index (κ1) is 13.9. The number of sulfonamides is 1. The Labute approximate surface area is 116 Å². The maximum Gasteiger partial charge on any atom is 0.244 e. The van der Waals surface area contributed by atoms with Gasteiger partial charge in [0.05, 0.1) is 16.9 Å². The normalized spacial score (nSPS) is 13.4. The van der Waals surface area contributed by atoms with E-state index >= 15 is 0 Å². The van der Waals surface area contributed by atoms with Crippen LogP contribution in [0, 0.1) is 0 Å². The van der Waals surface area contributed by atoms with Crippen molar-refractivity contribution < 1.29 is 8.42 Å². The van der Waals surface area contributed by atoms with Crippen LogP contribution in [-0.4, -0.2) is 18.6 Å². The van der Waals surface area contributed by atoms with Crippen LogP contribution in [0.5, 0.6) is 0 Å². The van der Waals surface area contributed by atoms with Gasteiger partial charge in [0.1, 0.15) is 4.90 Å². The summed E-state index contributed by atoms with van der Waals surface area (Å²) in [5.74, 6) is 0. The van der Waals surface area contributed by atoms with Gasteiger partial charge in [0, 0.05) is 17.8 Å². The van der Waals surface area contributed by atoms with Crippen molar-refractivity contribution in [3.05, 3.63) is 41.2 Å². The minimum absolute atomic E-state index is 0.0897. The average molecular weight is 301 g/mol. The number of aromatic amines is 1. The molecule has 0 amide bonds. The highest BCUT2D eigenvalue weighted by Gasteiger charge is 2.23. The Morgan fingerprint density at radius 1 is 1.47 bits per heavy atom. The van der Waals surface area contributed by atoms with Gasteiger partial charge < -0.3 is 5.73 Å². The minimum Gasteiger partial charge on any atom is -0.398 e. The zero-order valence-corrected chi connectivity index (χ0v) is 11.7. The highest BCUT2D eigenvalue weighted by atomic mass is 35.5. The lowest BCUT2D eigenvalue weighted by molar-refractivity contribution is 0.567. The van der Waals surface area contributed by atoms with E-state index in [0.29, 0.717) is 5.56 Å². The topological polar surface area (TPSA) is 101 Å². The minimum atomic E-state index is -3.80. The number of nitrogens with zero attached hydrogens (tertiary/aromatic N) is 1. The molecule has 1 atom stereocenters. The van der Waals surface area contributed by atoms with Crippen LogP contribution in [0.4, 0.5) is 5.69 Å². The van der Waals surface area contributed by atoms with Crippen molar-refractivity contribution in [2.75, 3.05) is 5.73 Å². The van der Waals surface area contributed by atoms with Gasteiger partial charge in [0.15, 0.2) is 0 Å². The summed E-state index contributed by atoms with van der Waals surface area (Å²) >= 11 is 5.90. The molecule has 0 radical (unpaired) electrons. The molecule has 0 aliphatic rings. The maximum atomic E-state index is 12.3. The Kier molecular flexibility index (Phi) is 3.79. The van der Waals surface area contributed by atoms with Gasteiger partial charge in [-0.25, -0.2) is 13.1 Å². The highest BCUT2D eigenvalue weighted by molar-refractivity contribution is 7.89. The molecule has 0 aliphatic carbocycles. The largest absolute Gasteiger partial charge is 0.398 e. The standard InChI is InChI=1S/C11H13ClN4O2S/c1-7(8-5-14-15-6-8)16-19(17,18)11-9(12)3-2-4-10(11)13/h2-7,16H,13H2,1H3,(H,14,15). The average Bonchev–Trinajstić information content (AvgIpc) is 2.80. The van der Waals surface area contributed by atoms with E-state index in [4.69, 9.17) is 17.3 Å². The molecule has 2 aromatic rings. The van der Waals surface area contributed by atoms with Crippen molar-refractivity contribution in [3.63, 3.8) is 0 Å². The summed E-state index contributed by atoms with van der Waals surface area (Å²) in [6.07, 6.45) is 3.16. The van der Waals surface area contributed by atoms with Crippen LogP contribution in [0.3, 0.4) is 0 Å². The van der Waals surface area contributed by atoms with Gasteiger partial charge in [-0.1, -0.05) is 17.7 Å². The number of H-pyrrole nitrogens is 1. The molecule has 1 unspecified atom stereocenters. The van der Waals surface area contributed by atoms with Crippen LogP contribution >= 0.6 is 11.6 Å². The van der Waals surface area contributed by atoms with E-state index in [-0.39, 0.29) is 15.6 Å². The summed E-state index contributed by atoms with van der Waals surface area (Å²) in [5.41, 5.74) is 6.51. The number of nitrogens with one attached hydrogen (secondary N) is 2. The zero-order valence-electron chi connectivity index (χ0n) is 10.1. The molecular weight excluding hydrogens is 288 g/mol. The summed E-state index contributed by atoms with van der Waals surface area (Å²) in [7, 11) is -3.80. The third kappa shape index (κ3) is 2.89. The molecule has 0 fully saturated rings. The quantitative estimate of drug-likeness (QED) is 0.748. The smallest absolute Gasteiger partial charge is 0.244 e. The molecule has 0 bridgehead atoms. The van der Waals surface area contributed by atoms with Crippen LogP contribution in [0.25, 0.3) is 0 Å². The first-order chi connectivity index (χ1) is 8.92. The number of halogens is 1. The number of hydrogen-bond donors (Lipinski definition) is 3. The van der Waals surface area contributed by atoms with E-state index in [9.17, 15) is 8.42 Å². The van der Waals surface area contributed by atoms with Gasteiger partial charge >= 0.3 is 0 Å². The van der Waals surface area contributed by atoms with E-state index in [1.54, 1.807) is 25.4 Å². The molecule has 8 heteroatoms. The molecule has 0 spiro atoms. The number of hydrogen-bond acceptors (Lipinski definition) is 4. The molecular formula is C11H13ClN4O2S. The molecule has 6 nitrogen and oxygen atoms in total. The van der Waals surface area contributed by atoms with E-state index < -0.39 is 16.1 Å². The second-order valence-corrected chi connectivity index (χ2v) is 6.09. The second-order valence-electron chi connectivity index (χ2n) is 4.03. The predicted octanol–water partition coefficient (Wildman–Crippen LogP) is 1.68. The third-order valence-corrected chi connectivity index (χ3v) is 4.70. The molecule has 0 saturated carbocycles. The number of aromatic nitrogens is 2. The lowest BCUT2D eigenvalue weighted by Crippen LogP contribution is -2.27. The molecule has 0 aliphatic heterocycles. The number of rotatable bonds is 4. The van der Waals surface area contributed by atoms with Crippen LogP contribution in [0.1, 0.15) is 18.5 Å². The lowest BCUT2D eigenvalue weighted by atomic mass is 10.2. The summed E-state index contributed by atoms with van der Waals surface area (Å²) < 4.78 is 27.1. The molecule has 2 rings (SSSR count). The van der Waals surface area contributed by atoms with Crippen LogP contribution in [0.2, 0.25) is 5.02 Å². The van der Waals surface area contributed by atoms with Crippen molar-refractivity contribution in [1.82, 2.24) is 14.9 Å². The number of nitrogens with two attached hydrogens (primary N) is 1. The summed E-state index contributed by atoms with van der Waals surface area (Å²) in [6.45, 7) is 1.70. The zero-order chi connectivity index (χ0) is 14.0. The van der Waals surface area contributed by atoms with Crippen molar-refractivity contribution in [2.24, 2.45) is 0 Å². The highest BCUT2D eigenvalue weighted by Crippen LogP contribution is 2.28. The molecule has 1 aromatic carbocycles. The summed E-state index contributed by atoms with van der Waals surface area (Å²) in [6, 6.07) is 4.12. The molecule has 102 valence electrons. The SMILES string of the molecule is CC(NS(=O)(=O)c1c(N)cccc1Cl)c1cn[nH]c1. The van der Waals surface area contributed by atoms with Gasteiger partial charge in [0.2, 0.25) is 10.0 Å². The fourth-order valence-corrected chi connectivity index (χ4v) is 3.58. The van der Waals surface area contributed by atoms with E-state index in [1.807, 2.05) is 0 Å². The van der Waals surface area contributed by atoms with Crippen molar-refractivity contribution in [1.29, 1.82) is 0 Å². The Balaban J connectivity index is 2.33. The summed E-state index contributed by atoms with van der Waals surface area (Å²) in [5, 5.41) is 6.48. The Hall–Kier alpha value is -1.57. The number of nitrogen functional groups attached to an aromatic ring is 1. The fourth-order valence-electron chi connectivity index (χ4n) is 1.67. The van der Waals surface area contributed by atoms with Crippen LogP contribution in [0.15, 0.2) is 35.5 Å². The summed E-state index contributed by atoms with van der Waals surface area (Å²) in [4.78, 5) is -0.105. The molecule has 4 N–H and O–H groups in total. The van der Waals surface area contributed by atoms with E-state index in [2.05, 4.69) is 14.9 Å². The lowest BCUT2D eigenvalue weighted by Gasteiger charge is -2.14. The Bertz CT molecular complexity index is 650. The van der Waals surface area contributed by atoms with E-state index in [1.165, 1.54) is 12.1 Å². The Morgan fingerprint density at radius 2 is 2.21 bits per heavy atom. The van der Waals surface area contributed by atoms with Crippen LogP contribution in [-0.2, 0) is 10.0 Å². The van der Waals surface area contributed by atoms with Crippen LogP contribution < -0.4 is 10.5 Å². The Morgan fingerprint density at radius 3 is 2.79 bits per heavy atom.